The van der Waals surface area contributed by atoms with E-state index >= 15 is 0 Å². The highest BCUT2D eigenvalue weighted by Gasteiger charge is 2.49. The summed E-state index contributed by atoms with van der Waals surface area (Å²) in [4.78, 5) is 41.3. The molecule has 2 aliphatic rings. The fraction of sp³-hybridized carbons (Fsp3) is 0.577. The van der Waals surface area contributed by atoms with Gasteiger partial charge in [0.05, 0.1) is 17.7 Å². The summed E-state index contributed by atoms with van der Waals surface area (Å²) < 4.78 is 15.9. The normalized spacial score (nSPS) is 21.1. The van der Waals surface area contributed by atoms with Crippen molar-refractivity contribution in [1.82, 2.24) is 14.8 Å². The van der Waals surface area contributed by atoms with Crippen molar-refractivity contribution in [3.05, 3.63) is 29.7 Å². The Hall–Kier alpha value is -2.90. The van der Waals surface area contributed by atoms with Gasteiger partial charge in [-0.15, -0.1) is 0 Å². The molecule has 3 amide bonds. The van der Waals surface area contributed by atoms with Crippen LogP contribution in [0.4, 0.5) is 10.1 Å². The maximum atomic E-state index is 14.2. The van der Waals surface area contributed by atoms with Gasteiger partial charge in [0.15, 0.2) is 0 Å². The maximum absolute atomic E-state index is 14.2. The van der Waals surface area contributed by atoms with Gasteiger partial charge in [0, 0.05) is 24.9 Å². The molecule has 0 radical (unpaired) electrons. The van der Waals surface area contributed by atoms with E-state index in [-0.39, 0.29) is 30.3 Å². The van der Waals surface area contributed by atoms with Crippen LogP contribution in [0.2, 0.25) is 0 Å². The van der Waals surface area contributed by atoms with E-state index in [1.807, 2.05) is 6.92 Å². The predicted octanol–water partition coefficient (Wildman–Crippen LogP) is 4.45. The molecule has 8 heteroatoms. The third kappa shape index (κ3) is 4.42. The van der Waals surface area contributed by atoms with Crippen LogP contribution in [0.1, 0.15) is 76.7 Å². The fourth-order valence-electron chi connectivity index (χ4n) is 5.28. The molecule has 4 rings (SSSR count). The summed E-state index contributed by atoms with van der Waals surface area (Å²) in [7, 11) is 0. The quantitative estimate of drug-likeness (QED) is 0.654. The Morgan fingerprint density at radius 1 is 1.21 bits per heavy atom. The standard InChI is InChI=1S/C26H35FN4O3/c1-16(2)12-13-31-24(33)23-22(28-17(3)32)20-14-18(27)10-11-21(20)30(23)15-26(31,4)25(34)29-19-8-6-5-7-9-19/h10-11,14,16,19H,5-9,12-13,15H2,1-4H3,(H,28,32)(H,29,34)/t26-/m1/s1. The van der Waals surface area contributed by atoms with Crippen molar-refractivity contribution in [3.63, 3.8) is 0 Å². The van der Waals surface area contributed by atoms with E-state index in [0.717, 1.165) is 32.1 Å². The van der Waals surface area contributed by atoms with Crippen LogP contribution in [0.5, 0.6) is 0 Å². The lowest BCUT2D eigenvalue weighted by Crippen LogP contribution is -2.65. The monoisotopic (exact) mass is 470 g/mol. The predicted molar refractivity (Wildman–Crippen MR) is 130 cm³/mol. The first kappa shape index (κ1) is 24.2. The minimum atomic E-state index is -1.11. The van der Waals surface area contributed by atoms with E-state index in [9.17, 15) is 18.8 Å². The lowest BCUT2D eigenvalue weighted by molar-refractivity contribution is -0.133. The van der Waals surface area contributed by atoms with E-state index in [4.69, 9.17) is 0 Å². The Bertz CT molecular complexity index is 1120. The Morgan fingerprint density at radius 2 is 1.91 bits per heavy atom. The minimum Gasteiger partial charge on any atom is -0.351 e. The van der Waals surface area contributed by atoms with Crippen molar-refractivity contribution in [1.29, 1.82) is 0 Å². The van der Waals surface area contributed by atoms with Crippen LogP contribution in [0.3, 0.4) is 0 Å². The summed E-state index contributed by atoms with van der Waals surface area (Å²) in [6.07, 6.45) is 6.01. The van der Waals surface area contributed by atoms with Gasteiger partial charge in [-0.25, -0.2) is 4.39 Å². The number of rotatable bonds is 6. The number of nitrogens with one attached hydrogen (secondary N) is 2. The number of hydrogen-bond donors (Lipinski definition) is 2. The second-order valence-corrected chi connectivity index (χ2v) is 10.4. The molecule has 0 spiro atoms. The van der Waals surface area contributed by atoms with Crippen molar-refractivity contribution in [2.24, 2.45) is 5.92 Å². The van der Waals surface area contributed by atoms with Crippen molar-refractivity contribution in [2.75, 3.05) is 11.9 Å². The molecule has 0 unspecified atom stereocenters. The van der Waals surface area contributed by atoms with Crippen LogP contribution in [0.25, 0.3) is 10.9 Å². The number of aromatic nitrogens is 1. The molecule has 1 aliphatic heterocycles. The van der Waals surface area contributed by atoms with Crippen LogP contribution in [0, 0.1) is 11.7 Å². The van der Waals surface area contributed by atoms with Gasteiger partial charge in [-0.1, -0.05) is 33.1 Å². The molecule has 7 nitrogen and oxygen atoms in total. The van der Waals surface area contributed by atoms with Gasteiger partial charge in [-0.3, -0.25) is 14.4 Å². The molecule has 184 valence electrons. The molecule has 2 heterocycles. The average molecular weight is 471 g/mol. The van der Waals surface area contributed by atoms with Gasteiger partial charge < -0.3 is 20.1 Å². The maximum Gasteiger partial charge on any atom is 0.273 e. The van der Waals surface area contributed by atoms with E-state index in [1.54, 1.807) is 15.5 Å². The highest BCUT2D eigenvalue weighted by Crippen LogP contribution is 2.39. The molecule has 34 heavy (non-hydrogen) atoms. The lowest BCUT2D eigenvalue weighted by Gasteiger charge is -2.45. The summed E-state index contributed by atoms with van der Waals surface area (Å²) in [5.41, 5.74) is 0.108. The molecule has 2 N–H and O–H groups in total. The first-order chi connectivity index (χ1) is 16.1. The smallest absolute Gasteiger partial charge is 0.273 e. The highest BCUT2D eigenvalue weighted by atomic mass is 19.1. The van der Waals surface area contributed by atoms with Gasteiger partial charge in [0.2, 0.25) is 11.8 Å². The average Bonchev–Trinajstić information content (AvgIpc) is 3.05. The van der Waals surface area contributed by atoms with Crippen LogP contribution < -0.4 is 10.6 Å². The molecule has 2 aromatic rings. The number of hydrogen-bond acceptors (Lipinski definition) is 3. The molecule has 1 aliphatic carbocycles. The molecule has 1 aromatic carbocycles. The van der Waals surface area contributed by atoms with Gasteiger partial charge in [0.25, 0.3) is 5.91 Å². The molecular formula is C26H35FN4O3. The molecule has 1 saturated carbocycles. The van der Waals surface area contributed by atoms with Crippen molar-refractivity contribution in [3.8, 4) is 0 Å². The first-order valence-electron chi connectivity index (χ1n) is 12.3. The second-order valence-electron chi connectivity index (χ2n) is 10.4. The van der Waals surface area contributed by atoms with Gasteiger partial charge >= 0.3 is 0 Å². The lowest BCUT2D eigenvalue weighted by atomic mass is 9.91. The van der Waals surface area contributed by atoms with E-state index < -0.39 is 11.4 Å². The zero-order chi connectivity index (χ0) is 24.6. The Morgan fingerprint density at radius 3 is 2.56 bits per heavy atom. The largest absolute Gasteiger partial charge is 0.351 e. The third-order valence-electron chi connectivity index (χ3n) is 7.20. The van der Waals surface area contributed by atoms with Crippen LogP contribution >= 0.6 is 0 Å². The summed E-state index contributed by atoms with van der Waals surface area (Å²) in [6.45, 7) is 7.99. The number of carbonyl (C=O) groups excluding carboxylic acids is 3. The van der Waals surface area contributed by atoms with Crippen LogP contribution in [0.15, 0.2) is 18.2 Å². The summed E-state index contributed by atoms with van der Waals surface area (Å²) in [5.74, 6) is -0.940. The molecule has 0 bridgehead atoms. The van der Waals surface area contributed by atoms with Crippen molar-refractivity contribution in [2.45, 2.75) is 84.3 Å². The number of fused-ring (bicyclic) bond motifs is 3. The van der Waals surface area contributed by atoms with Crippen LogP contribution in [-0.4, -0.2) is 45.3 Å². The van der Waals surface area contributed by atoms with Gasteiger partial charge in [-0.2, -0.15) is 0 Å². The summed E-state index contributed by atoms with van der Waals surface area (Å²) >= 11 is 0. The van der Waals surface area contributed by atoms with Crippen molar-refractivity contribution < 1.29 is 18.8 Å². The zero-order valence-electron chi connectivity index (χ0n) is 20.5. The van der Waals surface area contributed by atoms with E-state index in [1.165, 1.54) is 25.5 Å². The number of anilines is 1. The van der Waals surface area contributed by atoms with Crippen LogP contribution in [-0.2, 0) is 16.1 Å². The van der Waals surface area contributed by atoms with E-state index in [0.29, 0.717) is 34.7 Å². The Balaban J connectivity index is 1.82. The highest BCUT2D eigenvalue weighted by molar-refractivity contribution is 6.14. The molecular weight excluding hydrogens is 435 g/mol. The number of halogens is 1. The van der Waals surface area contributed by atoms with Crippen molar-refractivity contribution >= 4 is 34.3 Å². The first-order valence-corrected chi connectivity index (χ1v) is 12.3. The summed E-state index contributed by atoms with van der Waals surface area (Å²) in [5, 5.41) is 6.42. The Kier molecular flexibility index (Phi) is 6.69. The number of carbonyl (C=O) groups is 3. The molecule has 1 aromatic heterocycles. The molecule has 1 atom stereocenters. The molecule has 0 saturated heterocycles. The summed E-state index contributed by atoms with van der Waals surface area (Å²) in [6, 6.07) is 4.39. The SMILES string of the molecule is CC(=O)Nc1c2n(c3ccc(F)cc13)C[C@](C)(C(=O)NC1CCCCC1)N(CCC(C)C)C2=O. The number of amides is 3. The third-order valence-corrected chi connectivity index (χ3v) is 7.20. The fourth-order valence-corrected chi connectivity index (χ4v) is 5.28. The van der Waals surface area contributed by atoms with E-state index in [2.05, 4.69) is 24.5 Å². The minimum absolute atomic E-state index is 0.118. The number of nitrogens with zero attached hydrogens (tertiary/aromatic N) is 2. The van der Waals surface area contributed by atoms with Gasteiger partial charge in [0.1, 0.15) is 17.1 Å². The molecule has 1 fully saturated rings. The zero-order valence-corrected chi connectivity index (χ0v) is 20.5. The topological polar surface area (TPSA) is 83.4 Å². The number of benzene rings is 1. The second kappa shape index (κ2) is 9.39. The van der Waals surface area contributed by atoms with Gasteiger partial charge in [-0.05, 0) is 50.3 Å². The Labute approximate surface area is 200 Å².